The third kappa shape index (κ3) is 2.70. The second-order valence-electron chi connectivity index (χ2n) is 7.02. The molecule has 0 aliphatic rings. The molecule has 0 aliphatic heterocycles. The van der Waals surface area contributed by atoms with Gasteiger partial charge in [-0.05, 0) is 43.3 Å². The molecule has 3 aromatic carbocycles. The number of aryl methyl sites for hydroxylation is 1. The van der Waals surface area contributed by atoms with Crippen LogP contribution in [0.25, 0.3) is 32.7 Å². The third-order valence-corrected chi connectivity index (χ3v) is 5.38. The van der Waals surface area contributed by atoms with E-state index in [-0.39, 0.29) is 11.0 Å². The summed E-state index contributed by atoms with van der Waals surface area (Å²) in [5, 5.41) is 5.60. The predicted octanol–water partition coefficient (Wildman–Crippen LogP) is 4.91. The molecule has 0 saturated carbocycles. The fourth-order valence-corrected chi connectivity index (χ4v) is 4.01. The summed E-state index contributed by atoms with van der Waals surface area (Å²) in [6, 6.07) is 21.3. The van der Waals surface area contributed by atoms with Crippen LogP contribution >= 0.6 is 0 Å². The number of H-pyrrole nitrogens is 1. The van der Waals surface area contributed by atoms with Crippen molar-refractivity contribution < 1.29 is 4.79 Å². The van der Waals surface area contributed by atoms with Crippen LogP contribution in [0.5, 0.6) is 0 Å². The lowest BCUT2D eigenvalue weighted by Crippen LogP contribution is -2.21. The molecule has 29 heavy (non-hydrogen) atoms. The number of hydrogen-bond acceptors (Lipinski definition) is 2. The Morgan fingerprint density at radius 1 is 0.931 bits per heavy atom. The highest BCUT2D eigenvalue weighted by molar-refractivity contribution is 6.11. The van der Waals surface area contributed by atoms with Crippen molar-refractivity contribution in [1.82, 2.24) is 9.55 Å². The fraction of sp³-hybridized carbons (Fsp3) is 0.0833. The maximum Gasteiger partial charge on any atom is 0.261 e. The summed E-state index contributed by atoms with van der Waals surface area (Å²) in [5.74, 6) is -0.421. The van der Waals surface area contributed by atoms with Crippen molar-refractivity contribution in [3.05, 3.63) is 88.7 Å². The molecule has 5 aromatic rings. The van der Waals surface area contributed by atoms with Crippen LogP contribution in [-0.4, -0.2) is 15.5 Å². The van der Waals surface area contributed by atoms with Gasteiger partial charge in [0.1, 0.15) is 5.56 Å². The van der Waals surface area contributed by atoms with E-state index in [9.17, 15) is 9.59 Å². The molecule has 5 heteroatoms. The van der Waals surface area contributed by atoms with Gasteiger partial charge in [-0.25, -0.2) is 0 Å². The minimum Gasteiger partial charge on any atom is -0.360 e. The van der Waals surface area contributed by atoms with E-state index < -0.39 is 5.91 Å². The number of benzene rings is 3. The molecule has 0 saturated heterocycles. The Labute approximate surface area is 166 Å². The largest absolute Gasteiger partial charge is 0.360 e. The SMILES string of the molecule is CCn1c2ccccc2c2cc(NC(=O)c3c[nH]c4ccccc4c3=O)ccc21. The van der Waals surface area contributed by atoms with E-state index in [1.807, 2.05) is 42.5 Å². The lowest BCUT2D eigenvalue weighted by molar-refractivity contribution is 0.102. The monoisotopic (exact) mass is 381 g/mol. The molecule has 1 amide bonds. The van der Waals surface area contributed by atoms with Gasteiger partial charge in [0.05, 0.1) is 0 Å². The van der Waals surface area contributed by atoms with Crippen LogP contribution in [0.4, 0.5) is 5.69 Å². The molecule has 5 rings (SSSR count). The molecule has 0 atom stereocenters. The van der Waals surface area contributed by atoms with E-state index in [1.54, 1.807) is 12.1 Å². The Hall–Kier alpha value is -3.86. The number of hydrogen-bond donors (Lipinski definition) is 2. The molecule has 2 N–H and O–H groups in total. The Bertz CT molecular complexity index is 1460. The highest BCUT2D eigenvalue weighted by Gasteiger charge is 2.15. The zero-order chi connectivity index (χ0) is 20.0. The highest BCUT2D eigenvalue weighted by Crippen LogP contribution is 2.31. The number of carbonyl (C=O) groups is 1. The Kier molecular flexibility index (Phi) is 3.95. The number of anilines is 1. The first-order valence-electron chi connectivity index (χ1n) is 9.60. The van der Waals surface area contributed by atoms with Crippen LogP contribution in [0.2, 0.25) is 0 Å². The highest BCUT2D eigenvalue weighted by atomic mass is 16.2. The smallest absolute Gasteiger partial charge is 0.261 e. The number of para-hydroxylation sites is 2. The number of rotatable bonds is 3. The average Bonchev–Trinajstić information content (AvgIpc) is 3.07. The summed E-state index contributed by atoms with van der Waals surface area (Å²) in [6.45, 7) is 2.98. The van der Waals surface area contributed by atoms with Crippen molar-refractivity contribution in [2.24, 2.45) is 0 Å². The molecule has 0 spiro atoms. The zero-order valence-corrected chi connectivity index (χ0v) is 15.9. The second kappa shape index (κ2) is 6.63. The van der Waals surface area contributed by atoms with Gasteiger partial charge >= 0.3 is 0 Å². The maximum absolute atomic E-state index is 12.8. The minimum absolute atomic E-state index is 0.0970. The van der Waals surface area contributed by atoms with Gasteiger partial charge in [-0.2, -0.15) is 0 Å². The van der Waals surface area contributed by atoms with Crippen molar-refractivity contribution in [1.29, 1.82) is 0 Å². The third-order valence-electron chi connectivity index (χ3n) is 5.38. The number of nitrogens with one attached hydrogen (secondary N) is 2. The zero-order valence-electron chi connectivity index (χ0n) is 15.9. The van der Waals surface area contributed by atoms with E-state index in [4.69, 9.17) is 0 Å². The van der Waals surface area contributed by atoms with Crippen LogP contribution in [0.3, 0.4) is 0 Å². The van der Waals surface area contributed by atoms with Crippen molar-refractivity contribution >= 4 is 44.3 Å². The molecule has 0 fully saturated rings. The van der Waals surface area contributed by atoms with E-state index in [2.05, 4.69) is 33.9 Å². The summed E-state index contributed by atoms with van der Waals surface area (Å²) in [4.78, 5) is 28.5. The van der Waals surface area contributed by atoms with Crippen LogP contribution in [0.15, 0.2) is 77.7 Å². The van der Waals surface area contributed by atoms with Gasteiger partial charge in [0, 0.05) is 51.1 Å². The van der Waals surface area contributed by atoms with E-state index in [1.165, 1.54) is 11.7 Å². The normalized spacial score (nSPS) is 11.3. The Morgan fingerprint density at radius 2 is 1.66 bits per heavy atom. The first-order valence-corrected chi connectivity index (χ1v) is 9.60. The van der Waals surface area contributed by atoms with E-state index in [0.717, 1.165) is 22.8 Å². The Balaban J connectivity index is 1.57. The number of aromatic nitrogens is 2. The van der Waals surface area contributed by atoms with Gasteiger partial charge in [0.15, 0.2) is 0 Å². The lowest BCUT2D eigenvalue weighted by Gasteiger charge is -2.07. The first-order chi connectivity index (χ1) is 14.2. The molecule has 0 aliphatic carbocycles. The minimum atomic E-state index is -0.421. The maximum atomic E-state index is 12.8. The van der Waals surface area contributed by atoms with Crippen molar-refractivity contribution in [2.45, 2.75) is 13.5 Å². The number of nitrogens with zero attached hydrogens (tertiary/aromatic N) is 1. The lowest BCUT2D eigenvalue weighted by atomic mass is 10.1. The van der Waals surface area contributed by atoms with Crippen LogP contribution in [0.1, 0.15) is 17.3 Å². The number of amides is 1. The number of aromatic amines is 1. The van der Waals surface area contributed by atoms with Gasteiger partial charge in [-0.1, -0.05) is 30.3 Å². The predicted molar refractivity (Wildman–Crippen MR) is 118 cm³/mol. The van der Waals surface area contributed by atoms with Gasteiger partial charge in [-0.3, -0.25) is 9.59 Å². The quantitative estimate of drug-likeness (QED) is 0.466. The summed E-state index contributed by atoms with van der Waals surface area (Å²) in [7, 11) is 0. The van der Waals surface area contributed by atoms with Crippen LogP contribution in [0, 0.1) is 0 Å². The van der Waals surface area contributed by atoms with Crippen LogP contribution < -0.4 is 10.7 Å². The number of carbonyl (C=O) groups excluding carboxylic acids is 1. The topological polar surface area (TPSA) is 66.9 Å². The molecular formula is C24H19N3O2. The molecule has 0 unspecified atom stereocenters. The van der Waals surface area contributed by atoms with Crippen molar-refractivity contribution in [2.75, 3.05) is 5.32 Å². The number of fused-ring (bicyclic) bond motifs is 4. The second-order valence-corrected chi connectivity index (χ2v) is 7.02. The first kappa shape index (κ1) is 17.3. The standard InChI is InChI=1S/C24H19N3O2/c1-2-27-21-10-6-4-7-16(21)18-13-15(11-12-22(18)27)26-24(29)19-14-25-20-9-5-3-8-17(20)23(19)28/h3-14H,2H2,1H3,(H,25,28)(H,26,29). The summed E-state index contributed by atoms with van der Waals surface area (Å²) >= 11 is 0. The molecule has 0 radical (unpaired) electrons. The van der Waals surface area contributed by atoms with Gasteiger partial charge in [0.25, 0.3) is 5.91 Å². The van der Waals surface area contributed by atoms with Crippen molar-refractivity contribution in [3.63, 3.8) is 0 Å². The summed E-state index contributed by atoms with van der Waals surface area (Å²) in [6.07, 6.45) is 1.47. The van der Waals surface area contributed by atoms with Gasteiger partial charge < -0.3 is 14.9 Å². The summed E-state index contributed by atoms with van der Waals surface area (Å²) in [5.41, 5.74) is 3.48. The molecular weight excluding hydrogens is 362 g/mol. The fourth-order valence-electron chi connectivity index (χ4n) is 4.01. The number of pyridine rings is 1. The Morgan fingerprint density at radius 3 is 2.48 bits per heavy atom. The molecule has 0 bridgehead atoms. The molecule has 5 nitrogen and oxygen atoms in total. The van der Waals surface area contributed by atoms with Crippen LogP contribution in [-0.2, 0) is 6.54 Å². The molecule has 142 valence electrons. The molecule has 2 heterocycles. The van der Waals surface area contributed by atoms with E-state index >= 15 is 0 Å². The van der Waals surface area contributed by atoms with Gasteiger partial charge in [0.2, 0.25) is 5.43 Å². The molecule has 2 aromatic heterocycles. The van der Waals surface area contributed by atoms with Crippen molar-refractivity contribution in [3.8, 4) is 0 Å². The average molecular weight is 381 g/mol. The van der Waals surface area contributed by atoms with Gasteiger partial charge in [-0.15, -0.1) is 0 Å². The summed E-state index contributed by atoms with van der Waals surface area (Å²) < 4.78 is 2.25. The van der Waals surface area contributed by atoms with E-state index in [0.29, 0.717) is 16.6 Å².